The molecule has 2 aromatic rings. The van der Waals surface area contributed by atoms with E-state index in [-0.39, 0.29) is 0 Å². The molecule has 2 heteroatoms. The molecule has 0 aromatic heterocycles. The van der Waals surface area contributed by atoms with Crippen molar-refractivity contribution >= 4 is 37.4 Å². The molecule has 0 radical (unpaired) electrons. The van der Waals surface area contributed by atoms with Gasteiger partial charge in [-0.05, 0) is 65.9 Å². The highest BCUT2D eigenvalue weighted by atomic mass is 79.9. The second kappa shape index (κ2) is 11.6. The second-order valence-corrected chi connectivity index (χ2v) is 6.94. The molecule has 0 aliphatic heterocycles. The summed E-state index contributed by atoms with van der Waals surface area (Å²) in [7, 11) is 0. The van der Waals surface area contributed by atoms with Crippen LogP contribution < -0.4 is 0 Å². The van der Waals surface area contributed by atoms with Gasteiger partial charge in [-0.25, -0.2) is 0 Å². The van der Waals surface area contributed by atoms with Gasteiger partial charge >= 0.3 is 0 Å². The normalized spacial score (nSPS) is 9.22. The Bertz CT molecular complexity index is 574. The monoisotopic (exact) mass is 438 g/mol. The second-order valence-electron chi connectivity index (χ2n) is 5.10. The van der Waals surface area contributed by atoms with Crippen molar-refractivity contribution in [3.8, 4) is 0 Å². The van der Waals surface area contributed by atoms with Crippen LogP contribution in [-0.2, 0) is 0 Å². The summed E-state index contributed by atoms with van der Waals surface area (Å²) in [6.07, 6.45) is 1.25. The van der Waals surface area contributed by atoms with E-state index in [0.717, 1.165) is 14.5 Å². The zero-order valence-corrected chi connectivity index (χ0v) is 18.3. The molecule has 126 valence electrons. The lowest BCUT2D eigenvalue weighted by Crippen LogP contribution is -1.93. The Morgan fingerprint density at radius 3 is 1.39 bits per heavy atom. The van der Waals surface area contributed by atoms with Crippen LogP contribution in [0.2, 0.25) is 0 Å². The quantitative estimate of drug-likeness (QED) is 0.440. The summed E-state index contributed by atoms with van der Waals surface area (Å²) in [5, 5.41) is 0. The molecule has 0 bridgehead atoms. The molecule has 0 fully saturated rings. The summed E-state index contributed by atoms with van der Waals surface area (Å²) in [5.74, 6) is 0. The Balaban J connectivity index is 0.000000868. The van der Waals surface area contributed by atoms with Crippen molar-refractivity contribution in [3.05, 3.63) is 74.2 Å². The molecule has 2 rings (SSSR count). The highest BCUT2D eigenvalue weighted by molar-refractivity contribution is 9.10. The predicted molar refractivity (Wildman–Crippen MR) is 113 cm³/mol. The molecule has 0 saturated carbocycles. The van der Waals surface area contributed by atoms with Gasteiger partial charge in [0.25, 0.3) is 0 Å². The molecule has 0 N–H and O–H groups in total. The van der Waals surface area contributed by atoms with E-state index in [4.69, 9.17) is 0 Å². The molecule has 0 amide bonds. The summed E-state index contributed by atoms with van der Waals surface area (Å²) < 4.78 is 2.20. The minimum absolute atomic E-state index is 1.07. The van der Waals surface area contributed by atoms with Crippen LogP contribution in [0.5, 0.6) is 0 Å². The topological polar surface area (TPSA) is 0 Å². The molecule has 0 heterocycles. The fraction of sp³-hybridized carbons (Fsp3) is 0.333. The number of halogens is 2. The van der Waals surface area contributed by atoms with Gasteiger partial charge in [0.1, 0.15) is 0 Å². The maximum Gasteiger partial charge on any atom is 0.0178 e. The summed E-state index contributed by atoms with van der Waals surface area (Å²) in [6, 6.07) is 12.6. The van der Waals surface area contributed by atoms with Crippen LogP contribution in [0.4, 0.5) is 0 Å². The molecule has 2 aromatic carbocycles. The van der Waals surface area contributed by atoms with Crippen molar-refractivity contribution in [1.82, 2.24) is 0 Å². The SMILES string of the molecule is C=C(c1ccc(Br)cc1C)c1ccc(Br)cc1C.CC.CCC. The highest BCUT2D eigenvalue weighted by Gasteiger charge is 2.08. The largest absolute Gasteiger partial charge is 0.0905 e. The Hall–Kier alpha value is -0.860. The van der Waals surface area contributed by atoms with E-state index in [1.54, 1.807) is 0 Å². The fourth-order valence-corrected chi connectivity index (χ4v) is 3.03. The number of aryl methyl sites for hydroxylation is 2. The highest BCUT2D eigenvalue weighted by Crippen LogP contribution is 2.29. The van der Waals surface area contributed by atoms with Crippen LogP contribution in [0, 0.1) is 13.8 Å². The van der Waals surface area contributed by atoms with Crippen molar-refractivity contribution in [1.29, 1.82) is 0 Å². The number of hydrogen-bond acceptors (Lipinski definition) is 0. The fourth-order valence-electron chi connectivity index (χ4n) is 2.08. The number of hydrogen-bond donors (Lipinski definition) is 0. The first-order chi connectivity index (χ1) is 10.9. The first-order valence-electron chi connectivity index (χ1n) is 8.12. The Kier molecular flexibility index (Phi) is 11.2. The molecule has 0 saturated heterocycles. The van der Waals surface area contributed by atoms with E-state index in [1.807, 2.05) is 13.8 Å². The van der Waals surface area contributed by atoms with Gasteiger partial charge in [-0.15, -0.1) is 0 Å². The third-order valence-corrected chi connectivity index (χ3v) is 4.01. The molecule has 23 heavy (non-hydrogen) atoms. The standard InChI is InChI=1S/C16H14Br2.C3H8.C2H6/c1-10-8-13(17)4-6-15(10)12(3)16-7-5-14(18)9-11(16)2;1-3-2;1-2/h4-9H,3H2,1-2H3;3H2,1-2H3;1-2H3. The summed E-state index contributed by atoms with van der Waals surface area (Å²) in [4.78, 5) is 0. The van der Waals surface area contributed by atoms with E-state index in [2.05, 4.69) is 103 Å². The lowest BCUT2D eigenvalue weighted by atomic mass is 9.93. The summed E-state index contributed by atoms with van der Waals surface area (Å²) in [5.41, 5.74) is 5.94. The predicted octanol–water partition coefficient (Wildman–Crippen LogP) is 8.33. The zero-order valence-electron chi connectivity index (χ0n) is 15.1. The third-order valence-electron chi connectivity index (χ3n) is 3.03. The van der Waals surface area contributed by atoms with Gasteiger partial charge in [0, 0.05) is 8.95 Å². The van der Waals surface area contributed by atoms with Gasteiger partial charge < -0.3 is 0 Å². The van der Waals surface area contributed by atoms with Crippen LogP contribution in [0.1, 0.15) is 56.4 Å². The average Bonchev–Trinajstić information content (AvgIpc) is 2.49. The van der Waals surface area contributed by atoms with Gasteiger partial charge in [-0.2, -0.15) is 0 Å². The summed E-state index contributed by atoms with van der Waals surface area (Å²) >= 11 is 6.98. The van der Waals surface area contributed by atoms with E-state index in [9.17, 15) is 0 Å². The minimum Gasteiger partial charge on any atom is -0.0905 e. The van der Waals surface area contributed by atoms with E-state index < -0.39 is 0 Å². The third kappa shape index (κ3) is 7.05. The van der Waals surface area contributed by atoms with Crippen LogP contribution in [0.25, 0.3) is 5.57 Å². The van der Waals surface area contributed by atoms with Crippen molar-refractivity contribution < 1.29 is 0 Å². The minimum atomic E-state index is 1.07. The molecule has 0 unspecified atom stereocenters. The van der Waals surface area contributed by atoms with Gasteiger partial charge in [0.05, 0.1) is 0 Å². The first kappa shape index (κ1) is 22.1. The van der Waals surface area contributed by atoms with Gasteiger partial charge in [0.15, 0.2) is 0 Å². The Morgan fingerprint density at radius 1 is 0.826 bits per heavy atom. The van der Waals surface area contributed by atoms with Gasteiger partial charge in [0.2, 0.25) is 0 Å². The molecule has 0 atom stereocenters. The van der Waals surface area contributed by atoms with Crippen molar-refractivity contribution in [2.75, 3.05) is 0 Å². The molecular formula is C21H28Br2. The van der Waals surface area contributed by atoms with Crippen molar-refractivity contribution in [3.63, 3.8) is 0 Å². The Labute approximate surface area is 159 Å². The van der Waals surface area contributed by atoms with Crippen LogP contribution in [0.3, 0.4) is 0 Å². The smallest absolute Gasteiger partial charge is 0.0178 e. The number of benzene rings is 2. The molecule has 0 spiro atoms. The maximum atomic E-state index is 4.25. The van der Waals surface area contributed by atoms with Gasteiger partial charge in [-0.3, -0.25) is 0 Å². The Morgan fingerprint density at radius 2 is 1.13 bits per heavy atom. The van der Waals surface area contributed by atoms with Gasteiger partial charge in [-0.1, -0.05) is 84.7 Å². The average molecular weight is 440 g/mol. The van der Waals surface area contributed by atoms with Crippen molar-refractivity contribution in [2.45, 2.75) is 48.0 Å². The van der Waals surface area contributed by atoms with Crippen molar-refractivity contribution in [2.24, 2.45) is 0 Å². The van der Waals surface area contributed by atoms with E-state index in [0.29, 0.717) is 0 Å². The van der Waals surface area contributed by atoms with Crippen LogP contribution >= 0.6 is 31.9 Å². The lowest BCUT2D eigenvalue weighted by molar-refractivity contribution is 1.09. The van der Waals surface area contributed by atoms with E-state index in [1.165, 1.54) is 28.7 Å². The lowest BCUT2D eigenvalue weighted by Gasteiger charge is -2.13. The molecule has 0 aliphatic carbocycles. The first-order valence-corrected chi connectivity index (χ1v) is 9.71. The van der Waals surface area contributed by atoms with Crippen LogP contribution in [0.15, 0.2) is 51.9 Å². The molecule has 0 aliphatic rings. The molecular weight excluding hydrogens is 412 g/mol. The molecule has 0 nitrogen and oxygen atoms in total. The number of rotatable bonds is 2. The zero-order chi connectivity index (χ0) is 18.0. The van der Waals surface area contributed by atoms with E-state index >= 15 is 0 Å². The maximum absolute atomic E-state index is 4.25. The van der Waals surface area contributed by atoms with Crippen LogP contribution in [-0.4, -0.2) is 0 Å². The summed E-state index contributed by atoms with van der Waals surface area (Å²) in [6.45, 7) is 16.7.